The predicted octanol–water partition coefficient (Wildman–Crippen LogP) is 2.95. The van der Waals surface area contributed by atoms with Gasteiger partial charge in [0.2, 0.25) is 0 Å². The summed E-state index contributed by atoms with van der Waals surface area (Å²) in [6, 6.07) is 0. The lowest BCUT2D eigenvalue weighted by Gasteiger charge is -2.30. The van der Waals surface area contributed by atoms with E-state index in [1.54, 1.807) is 0 Å². The smallest absolute Gasteiger partial charge is 0.0181 e. The molecule has 0 spiro atoms. The maximum absolute atomic E-state index is 3.68. The number of hydrogen-bond donors (Lipinski definition) is 1. The molecule has 1 heterocycles. The molecule has 1 N–H and O–H groups in total. The molecule has 1 unspecified atom stereocenters. The monoisotopic (exact) mass is 169 g/mol. The lowest BCUT2D eigenvalue weighted by atomic mass is 9.84. The summed E-state index contributed by atoms with van der Waals surface area (Å²) in [5, 5.41) is 3.68. The zero-order chi connectivity index (χ0) is 9.03. The SMILES string of the molecule is CC[C@H](C)CC1(CC)CCCN1. The number of hydrogen-bond acceptors (Lipinski definition) is 1. The molecule has 1 aliphatic heterocycles. The van der Waals surface area contributed by atoms with E-state index >= 15 is 0 Å². The lowest BCUT2D eigenvalue weighted by molar-refractivity contribution is 0.280. The number of rotatable bonds is 4. The molecule has 0 aromatic rings. The summed E-state index contributed by atoms with van der Waals surface area (Å²) in [5.74, 6) is 0.885. The first-order valence-electron chi connectivity index (χ1n) is 5.47. The summed E-state index contributed by atoms with van der Waals surface area (Å²) >= 11 is 0. The summed E-state index contributed by atoms with van der Waals surface area (Å²) in [5.41, 5.74) is 0.509. The van der Waals surface area contributed by atoms with Crippen molar-refractivity contribution in [2.45, 2.75) is 58.4 Å². The van der Waals surface area contributed by atoms with Crippen LogP contribution in [0.4, 0.5) is 0 Å². The van der Waals surface area contributed by atoms with E-state index < -0.39 is 0 Å². The highest BCUT2D eigenvalue weighted by Crippen LogP contribution is 2.30. The molecule has 1 aliphatic rings. The van der Waals surface area contributed by atoms with Crippen LogP contribution in [-0.4, -0.2) is 12.1 Å². The second kappa shape index (κ2) is 4.27. The van der Waals surface area contributed by atoms with Crippen LogP contribution < -0.4 is 5.32 Å². The maximum Gasteiger partial charge on any atom is 0.0181 e. The van der Waals surface area contributed by atoms with Gasteiger partial charge in [-0.1, -0.05) is 27.2 Å². The van der Waals surface area contributed by atoms with Gasteiger partial charge in [0.25, 0.3) is 0 Å². The fourth-order valence-electron chi connectivity index (χ4n) is 2.30. The van der Waals surface area contributed by atoms with E-state index in [9.17, 15) is 0 Å². The van der Waals surface area contributed by atoms with Crippen molar-refractivity contribution in [3.8, 4) is 0 Å². The van der Waals surface area contributed by atoms with Gasteiger partial charge in [-0.05, 0) is 38.1 Å². The van der Waals surface area contributed by atoms with Crippen molar-refractivity contribution in [3.63, 3.8) is 0 Å². The van der Waals surface area contributed by atoms with Crippen LogP contribution in [0.2, 0.25) is 0 Å². The van der Waals surface area contributed by atoms with Gasteiger partial charge in [0.15, 0.2) is 0 Å². The van der Waals surface area contributed by atoms with Crippen molar-refractivity contribution in [2.75, 3.05) is 6.54 Å². The van der Waals surface area contributed by atoms with Crippen molar-refractivity contribution >= 4 is 0 Å². The van der Waals surface area contributed by atoms with Crippen molar-refractivity contribution in [1.29, 1.82) is 0 Å². The third kappa shape index (κ3) is 2.22. The van der Waals surface area contributed by atoms with Crippen molar-refractivity contribution in [1.82, 2.24) is 5.32 Å². The van der Waals surface area contributed by atoms with E-state index in [0.29, 0.717) is 5.54 Å². The third-order valence-corrected chi connectivity index (χ3v) is 3.45. The Morgan fingerprint density at radius 1 is 1.42 bits per heavy atom. The van der Waals surface area contributed by atoms with Crippen LogP contribution in [0.1, 0.15) is 52.9 Å². The Bertz CT molecular complexity index is 125. The first kappa shape index (κ1) is 10.0. The molecule has 72 valence electrons. The van der Waals surface area contributed by atoms with Crippen molar-refractivity contribution in [2.24, 2.45) is 5.92 Å². The van der Waals surface area contributed by atoms with Gasteiger partial charge in [-0.25, -0.2) is 0 Å². The van der Waals surface area contributed by atoms with E-state index in [1.165, 1.54) is 38.6 Å². The molecule has 0 aliphatic carbocycles. The van der Waals surface area contributed by atoms with Crippen LogP contribution in [0.25, 0.3) is 0 Å². The molecule has 0 aromatic heterocycles. The van der Waals surface area contributed by atoms with Gasteiger partial charge in [-0.3, -0.25) is 0 Å². The van der Waals surface area contributed by atoms with Crippen molar-refractivity contribution < 1.29 is 0 Å². The van der Waals surface area contributed by atoms with E-state index in [1.807, 2.05) is 0 Å². The molecule has 0 radical (unpaired) electrons. The molecular weight excluding hydrogens is 146 g/mol. The molecule has 1 rings (SSSR count). The zero-order valence-electron chi connectivity index (χ0n) is 8.82. The first-order chi connectivity index (χ1) is 5.72. The average molecular weight is 169 g/mol. The molecule has 1 nitrogen and oxygen atoms in total. The first-order valence-corrected chi connectivity index (χ1v) is 5.47. The predicted molar refractivity (Wildman–Crippen MR) is 54.3 cm³/mol. The van der Waals surface area contributed by atoms with Gasteiger partial charge in [-0.15, -0.1) is 0 Å². The standard InChI is InChI=1S/C11H23N/c1-4-10(3)9-11(5-2)7-6-8-12-11/h10,12H,4-9H2,1-3H3/t10-,11?/m0/s1. The molecule has 1 fully saturated rings. The Morgan fingerprint density at radius 3 is 2.58 bits per heavy atom. The second-order valence-electron chi connectivity index (χ2n) is 4.38. The van der Waals surface area contributed by atoms with Crippen LogP contribution in [0.15, 0.2) is 0 Å². The fraction of sp³-hybridized carbons (Fsp3) is 1.00. The van der Waals surface area contributed by atoms with E-state index in [2.05, 4.69) is 26.1 Å². The Balaban J connectivity index is 2.43. The maximum atomic E-state index is 3.68. The highest BCUT2D eigenvalue weighted by Gasteiger charge is 2.32. The summed E-state index contributed by atoms with van der Waals surface area (Å²) < 4.78 is 0. The highest BCUT2D eigenvalue weighted by atomic mass is 15.0. The van der Waals surface area contributed by atoms with E-state index in [0.717, 1.165) is 5.92 Å². The van der Waals surface area contributed by atoms with Gasteiger partial charge in [0.1, 0.15) is 0 Å². The van der Waals surface area contributed by atoms with E-state index in [-0.39, 0.29) is 0 Å². The fourth-order valence-corrected chi connectivity index (χ4v) is 2.30. The molecule has 1 saturated heterocycles. The highest BCUT2D eigenvalue weighted by molar-refractivity contribution is 4.92. The van der Waals surface area contributed by atoms with Gasteiger partial charge in [0.05, 0.1) is 0 Å². The Labute approximate surface area is 76.9 Å². The minimum absolute atomic E-state index is 0.509. The molecule has 1 heteroatoms. The van der Waals surface area contributed by atoms with Crippen molar-refractivity contribution in [3.05, 3.63) is 0 Å². The lowest BCUT2D eigenvalue weighted by Crippen LogP contribution is -2.40. The molecule has 0 saturated carbocycles. The third-order valence-electron chi connectivity index (χ3n) is 3.45. The molecule has 2 atom stereocenters. The molecular formula is C11H23N. The summed E-state index contributed by atoms with van der Waals surface area (Å²) in [4.78, 5) is 0. The zero-order valence-corrected chi connectivity index (χ0v) is 8.82. The van der Waals surface area contributed by atoms with Gasteiger partial charge in [0, 0.05) is 5.54 Å². The molecule has 12 heavy (non-hydrogen) atoms. The normalized spacial score (nSPS) is 32.2. The Hall–Kier alpha value is -0.0400. The molecule has 0 amide bonds. The van der Waals surface area contributed by atoms with Crippen LogP contribution in [0.3, 0.4) is 0 Å². The summed E-state index contributed by atoms with van der Waals surface area (Å²) in [6.45, 7) is 8.23. The quantitative estimate of drug-likeness (QED) is 0.682. The topological polar surface area (TPSA) is 12.0 Å². The van der Waals surface area contributed by atoms with Gasteiger partial charge in [-0.2, -0.15) is 0 Å². The van der Waals surface area contributed by atoms with Crippen LogP contribution in [0.5, 0.6) is 0 Å². The Morgan fingerprint density at radius 2 is 2.17 bits per heavy atom. The van der Waals surface area contributed by atoms with Crippen LogP contribution in [-0.2, 0) is 0 Å². The molecule has 0 aromatic carbocycles. The number of nitrogens with one attached hydrogen (secondary N) is 1. The average Bonchev–Trinajstić information content (AvgIpc) is 2.54. The van der Waals surface area contributed by atoms with Crippen LogP contribution in [0, 0.1) is 5.92 Å². The second-order valence-corrected chi connectivity index (χ2v) is 4.38. The van der Waals surface area contributed by atoms with Crippen LogP contribution >= 0.6 is 0 Å². The molecule has 0 bridgehead atoms. The van der Waals surface area contributed by atoms with Gasteiger partial charge >= 0.3 is 0 Å². The Kier molecular flexibility index (Phi) is 3.57. The minimum Gasteiger partial charge on any atom is -0.311 e. The summed E-state index contributed by atoms with van der Waals surface area (Å²) in [6.07, 6.45) is 6.78. The minimum atomic E-state index is 0.509. The summed E-state index contributed by atoms with van der Waals surface area (Å²) in [7, 11) is 0. The van der Waals surface area contributed by atoms with Gasteiger partial charge < -0.3 is 5.32 Å². The van der Waals surface area contributed by atoms with E-state index in [4.69, 9.17) is 0 Å². The largest absolute Gasteiger partial charge is 0.311 e.